The van der Waals surface area contributed by atoms with Crippen LogP contribution in [-0.2, 0) is 4.79 Å². The molecule has 2 rings (SSSR count). The van der Waals surface area contributed by atoms with Crippen LogP contribution in [-0.4, -0.2) is 27.6 Å². The summed E-state index contributed by atoms with van der Waals surface area (Å²) >= 11 is 0. The van der Waals surface area contributed by atoms with Crippen molar-refractivity contribution < 1.29 is 9.59 Å². The highest BCUT2D eigenvalue weighted by Crippen LogP contribution is 2.18. The first-order chi connectivity index (χ1) is 9.40. The van der Waals surface area contributed by atoms with E-state index in [9.17, 15) is 9.59 Å². The Hall–Kier alpha value is -2.63. The smallest absolute Gasteiger partial charge is 0.252 e. The number of primary amides is 1. The molecule has 0 aliphatic rings. The largest absolute Gasteiger partial charge is 0.368 e. The Morgan fingerprint density at radius 2 is 1.85 bits per heavy atom. The molecule has 0 unspecified atom stereocenters. The van der Waals surface area contributed by atoms with Gasteiger partial charge in [-0.2, -0.15) is 5.10 Å². The molecule has 20 heavy (non-hydrogen) atoms. The summed E-state index contributed by atoms with van der Waals surface area (Å²) in [5.41, 5.74) is 6.49. The molecule has 0 atom stereocenters. The third-order valence-electron chi connectivity index (χ3n) is 3.02. The normalized spacial score (nSPS) is 11.1. The molecule has 1 heterocycles. The molecule has 6 nitrogen and oxygen atoms in total. The number of benzene rings is 1. The molecule has 104 valence electrons. The molecule has 0 aliphatic carbocycles. The van der Waals surface area contributed by atoms with E-state index in [1.165, 1.54) is 0 Å². The fraction of sp³-hybridized carbons (Fsp3) is 0.214. The lowest BCUT2D eigenvalue weighted by molar-refractivity contribution is -0.122. The Labute approximate surface area is 116 Å². The first-order valence-electron chi connectivity index (χ1n) is 6.12. The highest BCUT2D eigenvalue weighted by Gasteiger charge is 2.27. The Bertz CT molecular complexity index is 615. The summed E-state index contributed by atoms with van der Waals surface area (Å²) < 4.78 is 0. The van der Waals surface area contributed by atoms with E-state index in [0.29, 0.717) is 5.56 Å². The van der Waals surface area contributed by atoms with Gasteiger partial charge in [0.25, 0.3) is 5.91 Å². The van der Waals surface area contributed by atoms with Crippen LogP contribution in [0.1, 0.15) is 24.2 Å². The number of carbonyl (C=O) groups excluding carboxylic acids is 2. The minimum absolute atomic E-state index is 0.340. The van der Waals surface area contributed by atoms with Crippen molar-refractivity contribution in [2.24, 2.45) is 5.73 Å². The second kappa shape index (κ2) is 5.16. The van der Waals surface area contributed by atoms with Crippen LogP contribution in [0.5, 0.6) is 0 Å². The minimum atomic E-state index is -1.08. The van der Waals surface area contributed by atoms with Crippen molar-refractivity contribution >= 4 is 11.8 Å². The SMILES string of the molecule is CC(C)(NC(=O)c1ccc(-c2cn[nH]c2)cc1)C(N)=O. The van der Waals surface area contributed by atoms with E-state index >= 15 is 0 Å². The second-order valence-electron chi connectivity index (χ2n) is 5.01. The molecule has 4 N–H and O–H groups in total. The van der Waals surface area contributed by atoms with Crippen LogP contribution in [0.3, 0.4) is 0 Å². The van der Waals surface area contributed by atoms with Crippen LogP contribution in [0.15, 0.2) is 36.7 Å². The Kier molecular flexibility index (Phi) is 3.56. The van der Waals surface area contributed by atoms with Crippen molar-refractivity contribution in [1.29, 1.82) is 0 Å². The van der Waals surface area contributed by atoms with Gasteiger partial charge in [-0.15, -0.1) is 0 Å². The number of aromatic nitrogens is 2. The number of H-pyrrole nitrogens is 1. The number of aromatic amines is 1. The zero-order valence-electron chi connectivity index (χ0n) is 11.3. The van der Waals surface area contributed by atoms with E-state index in [0.717, 1.165) is 11.1 Å². The average Bonchev–Trinajstić information content (AvgIpc) is 2.92. The van der Waals surface area contributed by atoms with Gasteiger partial charge in [0.1, 0.15) is 5.54 Å². The van der Waals surface area contributed by atoms with Crippen LogP contribution >= 0.6 is 0 Å². The molecular formula is C14H16N4O2. The molecule has 1 aromatic carbocycles. The lowest BCUT2D eigenvalue weighted by Crippen LogP contribution is -2.52. The first kappa shape index (κ1) is 13.8. The number of nitrogens with two attached hydrogens (primary N) is 1. The topological polar surface area (TPSA) is 101 Å². The summed E-state index contributed by atoms with van der Waals surface area (Å²) in [5.74, 6) is -0.923. The van der Waals surface area contributed by atoms with E-state index in [2.05, 4.69) is 15.5 Å². The van der Waals surface area contributed by atoms with Gasteiger partial charge in [-0.05, 0) is 31.5 Å². The molecule has 6 heteroatoms. The lowest BCUT2D eigenvalue weighted by atomic mass is 10.0. The Morgan fingerprint density at radius 3 is 2.35 bits per heavy atom. The van der Waals surface area contributed by atoms with E-state index in [4.69, 9.17) is 5.73 Å². The Morgan fingerprint density at radius 1 is 1.20 bits per heavy atom. The quantitative estimate of drug-likeness (QED) is 0.776. The molecule has 0 saturated carbocycles. The van der Waals surface area contributed by atoms with Gasteiger partial charge < -0.3 is 11.1 Å². The molecule has 1 aromatic heterocycles. The molecule has 0 radical (unpaired) electrons. The van der Waals surface area contributed by atoms with Gasteiger partial charge in [0, 0.05) is 17.3 Å². The number of hydrogen-bond donors (Lipinski definition) is 3. The van der Waals surface area contributed by atoms with Gasteiger partial charge in [0.15, 0.2) is 0 Å². The Balaban J connectivity index is 2.14. The predicted molar refractivity (Wildman–Crippen MR) is 74.8 cm³/mol. The number of nitrogens with one attached hydrogen (secondary N) is 2. The van der Waals surface area contributed by atoms with Crippen LogP contribution in [0.4, 0.5) is 0 Å². The van der Waals surface area contributed by atoms with Crippen molar-refractivity contribution in [3.63, 3.8) is 0 Å². The van der Waals surface area contributed by atoms with Crippen molar-refractivity contribution in [2.45, 2.75) is 19.4 Å². The van der Waals surface area contributed by atoms with E-state index in [-0.39, 0.29) is 5.91 Å². The van der Waals surface area contributed by atoms with Crippen LogP contribution in [0.25, 0.3) is 11.1 Å². The first-order valence-corrected chi connectivity index (χ1v) is 6.12. The van der Waals surface area contributed by atoms with Crippen LogP contribution in [0, 0.1) is 0 Å². The second-order valence-corrected chi connectivity index (χ2v) is 5.01. The zero-order valence-corrected chi connectivity index (χ0v) is 11.3. The summed E-state index contributed by atoms with van der Waals surface area (Å²) in [6.07, 6.45) is 3.47. The maximum absolute atomic E-state index is 12.0. The molecule has 0 spiro atoms. The van der Waals surface area contributed by atoms with Gasteiger partial charge in [0.05, 0.1) is 6.20 Å². The van der Waals surface area contributed by atoms with Crippen LogP contribution < -0.4 is 11.1 Å². The molecule has 0 fully saturated rings. The van der Waals surface area contributed by atoms with E-state index < -0.39 is 11.4 Å². The molecule has 0 aliphatic heterocycles. The fourth-order valence-electron chi connectivity index (χ4n) is 1.64. The predicted octanol–water partition coefficient (Wildman–Crippen LogP) is 1.07. The number of amides is 2. The van der Waals surface area contributed by atoms with Crippen molar-refractivity contribution in [1.82, 2.24) is 15.5 Å². The number of nitrogens with zero attached hydrogens (tertiary/aromatic N) is 1. The van der Waals surface area contributed by atoms with Gasteiger partial charge >= 0.3 is 0 Å². The van der Waals surface area contributed by atoms with Gasteiger partial charge in [-0.3, -0.25) is 14.7 Å². The van der Waals surface area contributed by atoms with Crippen molar-refractivity contribution in [3.8, 4) is 11.1 Å². The standard InChI is InChI=1S/C14H16N4O2/c1-14(2,13(15)20)18-12(19)10-5-3-9(4-6-10)11-7-16-17-8-11/h3-8H,1-2H3,(H2,15,20)(H,16,17)(H,18,19). The van der Waals surface area contributed by atoms with Crippen molar-refractivity contribution in [3.05, 3.63) is 42.2 Å². The summed E-state index contributed by atoms with van der Waals surface area (Å²) in [6.45, 7) is 3.13. The lowest BCUT2D eigenvalue weighted by Gasteiger charge is -2.22. The van der Waals surface area contributed by atoms with E-state index in [1.54, 1.807) is 38.4 Å². The third kappa shape index (κ3) is 2.85. The average molecular weight is 272 g/mol. The number of hydrogen-bond acceptors (Lipinski definition) is 3. The molecule has 0 bridgehead atoms. The number of rotatable bonds is 4. The third-order valence-corrected chi connectivity index (χ3v) is 3.02. The summed E-state index contributed by atoms with van der Waals surface area (Å²) in [4.78, 5) is 23.2. The summed E-state index contributed by atoms with van der Waals surface area (Å²) in [6, 6.07) is 7.01. The van der Waals surface area contributed by atoms with Crippen LogP contribution in [0.2, 0.25) is 0 Å². The minimum Gasteiger partial charge on any atom is -0.368 e. The zero-order chi connectivity index (χ0) is 14.8. The molecular weight excluding hydrogens is 256 g/mol. The van der Waals surface area contributed by atoms with Gasteiger partial charge in [-0.1, -0.05) is 12.1 Å². The van der Waals surface area contributed by atoms with Gasteiger partial charge in [-0.25, -0.2) is 0 Å². The highest BCUT2D eigenvalue weighted by atomic mass is 16.2. The maximum atomic E-state index is 12.0. The van der Waals surface area contributed by atoms with E-state index in [1.807, 2.05) is 12.1 Å². The highest BCUT2D eigenvalue weighted by molar-refractivity contribution is 5.98. The van der Waals surface area contributed by atoms with Gasteiger partial charge in [0.2, 0.25) is 5.91 Å². The number of carbonyl (C=O) groups is 2. The molecule has 2 aromatic rings. The maximum Gasteiger partial charge on any atom is 0.252 e. The molecule has 0 saturated heterocycles. The summed E-state index contributed by atoms with van der Waals surface area (Å²) in [5, 5.41) is 9.19. The van der Waals surface area contributed by atoms with Crippen molar-refractivity contribution in [2.75, 3.05) is 0 Å². The molecule has 2 amide bonds. The fourth-order valence-corrected chi connectivity index (χ4v) is 1.64. The monoisotopic (exact) mass is 272 g/mol. The summed E-state index contributed by atoms with van der Waals surface area (Å²) in [7, 11) is 0.